The molecule has 7 heteroatoms. The molecule has 2 aliphatic rings. The molecule has 1 aromatic rings. The summed E-state index contributed by atoms with van der Waals surface area (Å²) in [7, 11) is 0. The number of carbonyl (C=O) groups excluding carboxylic acids is 1. The maximum Gasteiger partial charge on any atom is 0.289 e. The summed E-state index contributed by atoms with van der Waals surface area (Å²) in [5, 5.41) is 2.98. The lowest BCUT2D eigenvalue weighted by Crippen LogP contribution is -2.35. The van der Waals surface area contributed by atoms with Crippen LogP contribution in [0.3, 0.4) is 0 Å². The third-order valence-corrected chi connectivity index (χ3v) is 5.56. The van der Waals surface area contributed by atoms with E-state index in [0.29, 0.717) is 12.0 Å². The van der Waals surface area contributed by atoms with E-state index in [2.05, 4.69) is 38.9 Å². The number of nitrogens with zero attached hydrogens (tertiary/aromatic N) is 4. The molecule has 0 radical (unpaired) electrons. The number of anilines is 1. The van der Waals surface area contributed by atoms with Crippen molar-refractivity contribution in [1.29, 1.82) is 0 Å². The molecule has 1 amide bonds. The lowest BCUT2D eigenvalue weighted by molar-refractivity contribution is 0.0938. The van der Waals surface area contributed by atoms with Gasteiger partial charge in [0.1, 0.15) is 5.82 Å². The third kappa shape index (κ3) is 4.32. The highest BCUT2D eigenvalue weighted by Crippen LogP contribution is 2.28. The summed E-state index contributed by atoms with van der Waals surface area (Å²) >= 11 is 0. The van der Waals surface area contributed by atoms with E-state index in [1.807, 2.05) is 13.8 Å². The van der Waals surface area contributed by atoms with Crippen LogP contribution < -0.4 is 16.0 Å². The van der Waals surface area contributed by atoms with Gasteiger partial charge in [-0.15, -0.1) is 0 Å². The van der Waals surface area contributed by atoms with Crippen LogP contribution in [-0.2, 0) is 0 Å². The number of nitrogens with one attached hydrogen (secondary N) is 1. The molecular formula is C19H32N6O. The predicted molar refractivity (Wildman–Crippen MR) is 103 cm³/mol. The van der Waals surface area contributed by atoms with Crippen molar-refractivity contribution in [3.8, 4) is 0 Å². The molecule has 2 saturated heterocycles. The summed E-state index contributed by atoms with van der Waals surface area (Å²) < 4.78 is 0. The Hall–Kier alpha value is -1.73. The third-order valence-electron chi connectivity index (χ3n) is 5.56. The average molecular weight is 361 g/mol. The lowest BCUT2D eigenvalue weighted by Gasteiger charge is -2.21. The molecule has 3 N–H and O–H groups in total. The number of hydrogen-bond donors (Lipinski definition) is 2. The fourth-order valence-electron chi connectivity index (χ4n) is 3.82. The summed E-state index contributed by atoms with van der Waals surface area (Å²) in [4.78, 5) is 26.1. The first-order valence-electron chi connectivity index (χ1n) is 9.61. The predicted octanol–water partition coefficient (Wildman–Crippen LogP) is 1.09. The standard InChI is InChI=1S/C19H32N6O/c1-13-14(2)22-16(23-17(13)25-8-5-15(20)11-25)18(26)21-7-10-24-9-6-19(3,4)12-24/h15H,5-12,20H2,1-4H3,(H,21,26)/t15-/m1/s1. The van der Waals surface area contributed by atoms with Crippen LogP contribution in [0, 0.1) is 19.3 Å². The van der Waals surface area contributed by atoms with Gasteiger partial charge in [0.2, 0.25) is 5.82 Å². The molecule has 0 bridgehead atoms. The van der Waals surface area contributed by atoms with E-state index in [4.69, 9.17) is 5.73 Å². The quantitative estimate of drug-likeness (QED) is 0.817. The highest BCUT2D eigenvalue weighted by Gasteiger charge is 2.29. The topological polar surface area (TPSA) is 87.4 Å². The van der Waals surface area contributed by atoms with Gasteiger partial charge in [0.05, 0.1) is 0 Å². The second kappa shape index (κ2) is 7.48. The highest BCUT2D eigenvalue weighted by atomic mass is 16.2. The Morgan fingerprint density at radius 3 is 2.69 bits per heavy atom. The maximum absolute atomic E-state index is 12.5. The fourth-order valence-corrected chi connectivity index (χ4v) is 3.82. The van der Waals surface area contributed by atoms with Gasteiger partial charge in [-0.3, -0.25) is 4.79 Å². The molecule has 0 spiro atoms. The summed E-state index contributed by atoms with van der Waals surface area (Å²) in [5.74, 6) is 0.901. The van der Waals surface area contributed by atoms with Gasteiger partial charge < -0.3 is 20.9 Å². The molecule has 3 rings (SSSR count). The smallest absolute Gasteiger partial charge is 0.289 e. The minimum absolute atomic E-state index is 0.173. The van der Waals surface area contributed by atoms with Crippen molar-refractivity contribution < 1.29 is 4.79 Å². The van der Waals surface area contributed by atoms with Gasteiger partial charge in [-0.05, 0) is 38.6 Å². The number of rotatable bonds is 5. The summed E-state index contributed by atoms with van der Waals surface area (Å²) in [5.41, 5.74) is 8.28. The van der Waals surface area contributed by atoms with Crippen molar-refractivity contribution in [2.24, 2.45) is 11.1 Å². The number of aromatic nitrogens is 2. The average Bonchev–Trinajstić information content (AvgIpc) is 3.15. The Kier molecular flexibility index (Phi) is 5.48. The summed E-state index contributed by atoms with van der Waals surface area (Å²) in [6.45, 7) is 13.9. The van der Waals surface area contributed by atoms with Gasteiger partial charge >= 0.3 is 0 Å². The first-order chi connectivity index (χ1) is 12.2. The van der Waals surface area contributed by atoms with Gasteiger partial charge in [-0.2, -0.15) is 0 Å². The Labute approximate surface area is 156 Å². The molecule has 2 aliphatic heterocycles. The van der Waals surface area contributed by atoms with Gasteiger partial charge in [0.25, 0.3) is 5.91 Å². The number of amides is 1. The number of carbonyl (C=O) groups is 1. The van der Waals surface area contributed by atoms with E-state index in [1.54, 1.807) is 0 Å². The second-order valence-corrected chi connectivity index (χ2v) is 8.52. The van der Waals surface area contributed by atoms with Crippen LogP contribution >= 0.6 is 0 Å². The van der Waals surface area contributed by atoms with Gasteiger partial charge in [0.15, 0.2) is 0 Å². The van der Waals surface area contributed by atoms with Crippen LogP contribution in [0.1, 0.15) is 48.6 Å². The molecule has 26 heavy (non-hydrogen) atoms. The van der Waals surface area contributed by atoms with Crippen LogP contribution in [0.25, 0.3) is 0 Å². The van der Waals surface area contributed by atoms with Crippen molar-refractivity contribution in [3.05, 3.63) is 17.1 Å². The van der Waals surface area contributed by atoms with Crippen molar-refractivity contribution >= 4 is 11.7 Å². The van der Waals surface area contributed by atoms with Crippen LogP contribution in [0.2, 0.25) is 0 Å². The van der Waals surface area contributed by atoms with Crippen molar-refractivity contribution in [2.45, 2.75) is 46.6 Å². The molecule has 1 aromatic heterocycles. The zero-order chi connectivity index (χ0) is 18.9. The number of aryl methyl sites for hydroxylation is 1. The molecular weight excluding hydrogens is 328 g/mol. The summed E-state index contributed by atoms with van der Waals surface area (Å²) in [6.07, 6.45) is 2.17. The highest BCUT2D eigenvalue weighted by molar-refractivity contribution is 5.91. The van der Waals surface area contributed by atoms with E-state index in [1.165, 1.54) is 6.42 Å². The molecule has 3 heterocycles. The SMILES string of the molecule is Cc1nc(C(=O)NCCN2CCC(C)(C)C2)nc(N2CC[C@@H](N)C2)c1C. The van der Waals surface area contributed by atoms with Gasteiger partial charge in [-0.25, -0.2) is 9.97 Å². The zero-order valence-electron chi connectivity index (χ0n) is 16.5. The normalized spacial score (nSPS) is 22.8. The number of nitrogens with two attached hydrogens (primary N) is 1. The van der Waals surface area contributed by atoms with Gasteiger partial charge in [-0.1, -0.05) is 13.8 Å². The molecule has 144 valence electrons. The Bertz CT molecular complexity index is 674. The molecule has 0 unspecified atom stereocenters. The molecule has 0 saturated carbocycles. The van der Waals surface area contributed by atoms with Crippen LogP contribution in [0.5, 0.6) is 0 Å². The van der Waals surface area contributed by atoms with Crippen LogP contribution in [-0.4, -0.2) is 66.1 Å². The van der Waals surface area contributed by atoms with E-state index in [-0.39, 0.29) is 17.8 Å². The van der Waals surface area contributed by atoms with E-state index in [0.717, 1.165) is 56.2 Å². The van der Waals surface area contributed by atoms with Crippen LogP contribution in [0.4, 0.5) is 5.82 Å². The first-order valence-corrected chi connectivity index (χ1v) is 9.61. The molecule has 1 atom stereocenters. The van der Waals surface area contributed by atoms with E-state index < -0.39 is 0 Å². The molecule has 0 aliphatic carbocycles. The number of likely N-dealkylation sites (tertiary alicyclic amines) is 1. The molecule has 0 aromatic carbocycles. The maximum atomic E-state index is 12.5. The largest absolute Gasteiger partial charge is 0.355 e. The Balaban J connectivity index is 1.61. The monoisotopic (exact) mass is 360 g/mol. The second-order valence-electron chi connectivity index (χ2n) is 8.52. The van der Waals surface area contributed by atoms with E-state index in [9.17, 15) is 4.79 Å². The minimum atomic E-state index is -0.198. The Morgan fingerprint density at radius 2 is 2.08 bits per heavy atom. The van der Waals surface area contributed by atoms with Crippen molar-refractivity contribution in [3.63, 3.8) is 0 Å². The lowest BCUT2D eigenvalue weighted by atomic mass is 9.93. The molecule has 2 fully saturated rings. The van der Waals surface area contributed by atoms with Crippen LogP contribution in [0.15, 0.2) is 0 Å². The summed E-state index contributed by atoms with van der Waals surface area (Å²) in [6, 6.07) is 0.173. The minimum Gasteiger partial charge on any atom is -0.355 e. The molecule has 7 nitrogen and oxygen atoms in total. The first kappa shape index (κ1) is 19.0. The van der Waals surface area contributed by atoms with Gasteiger partial charge in [0, 0.05) is 50.0 Å². The Morgan fingerprint density at radius 1 is 1.31 bits per heavy atom. The number of hydrogen-bond acceptors (Lipinski definition) is 6. The zero-order valence-corrected chi connectivity index (χ0v) is 16.5. The van der Waals surface area contributed by atoms with E-state index >= 15 is 0 Å². The fraction of sp³-hybridized carbons (Fsp3) is 0.737. The van der Waals surface area contributed by atoms with Crippen molar-refractivity contribution in [2.75, 3.05) is 44.2 Å². The van der Waals surface area contributed by atoms with Crippen molar-refractivity contribution in [1.82, 2.24) is 20.2 Å².